The molecule has 1 amide bonds. The van der Waals surface area contributed by atoms with Gasteiger partial charge in [0.05, 0.1) is 12.6 Å². The largest absolute Gasteiger partial charge is 0.495 e. The highest BCUT2D eigenvalue weighted by molar-refractivity contribution is 7.89. The van der Waals surface area contributed by atoms with Crippen LogP contribution < -0.4 is 4.74 Å². The molecule has 134 valence electrons. The number of pyridine rings is 1. The molecule has 7 nitrogen and oxygen atoms in total. The normalized spacial score (nSPS) is 15.3. The van der Waals surface area contributed by atoms with E-state index in [1.165, 1.54) is 18.5 Å². The van der Waals surface area contributed by atoms with Crippen molar-refractivity contribution >= 4 is 26.8 Å². The number of nitrogens with zero attached hydrogens (tertiary/aromatic N) is 3. The number of ether oxygens (including phenoxy) is 1. The molecule has 1 aromatic carbocycles. The van der Waals surface area contributed by atoms with E-state index in [9.17, 15) is 13.2 Å². The first-order chi connectivity index (χ1) is 11.9. The summed E-state index contributed by atoms with van der Waals surface area (Å²) in [6, 6.07) is 6.98. The standard InChI is InChI=1S/C17H21N3O4S/c1-19(11-12-20-10-4-6-15(20)21)25(22,23)17-14(24-2)8-7-13-5-3-9-18-16(13)17/h3,5,7-9H,4,6,10-12H2,1-2H3. The minimum absolute atomic E-state index is 0.0587. The molecular formula is C17H21N3O4S. The van der Waals surface area contributed by atoms with Crippen LogP contribution in [0.4, 0.5) is 0 Å². The summed E-state index contributed by atoms with van der Waals surface area (Å²) in [4.78, 5) is 17.7. The molecule has 2 aromatic rings. The van der Waals surface area contributed by atoms with Gasteiger partial charge in [-0.15, -0.1) is 0 Å². The Hall–Kier alpha value is -2.19. The molecule has 0 radical (unpaired) electrons. The number of likely N-dealkylation sites (tertiary alicyclic amines) is 1. The Morgan fingerprint density at radius 2 is 2.12 bits per heavy atom. The average Bonchev–Trinajstić information content (AvgIpc) is 3.03. The number of likely N-dealkylation sites (N-methyl/N-ethyl adjacent to an activating group) is 1. The summed E-state index contributed by atoms with van der Waals surface area (Å²) >= 11 is 0. The lowest BCUT2D eigenvalue weighted by molar-refractivity contribution is -0.127. The number of amides is 1. The molecule has 1 aliphatic heterocycles. The van der Waals surface area contributed by atoms with E-state index in [1.54, 1.807) is 29.3 Å². The van der Waals surface area contributed by atoms with Crippen LogP contribution in [0.5, 0.6) is 5.75 Å². The zero-order chi connectivity index (χ0) is 18.0. The number of rotatable bonds is 6. The quantitative estimate of drug-likeness (QED) is 0.777. The highest BCUT2D eigenvalue weighted by Crippen LogP contribution is 2.32. The SMILES string of the molecule is COc1ccc2cccnc2c1S(=O)(=O)N(C)CCN1CCCC1=O. The summed E-state index contributed by atoms with van der Waals surface area (Å²) < 4.78 is 32.8. The van der Waals surface area contributed by atoms with Crippen LogP contribution in [0.25, 0.3) is 10.9 Å². The Bertz CT molecular complexity index is 898. The van der Waals surface area contributed by atoms with Crippen molar-refractivity contribution in [3.05, 3.63) is 30.5 Å². The maximum absolute atomic E-state index is 13.1. The predicted octanol–water partition coefficient (Wildman–Crippen LogP) is 1.49. The van der Waals surface area contributed by atoms with Gasteiger partial charge in [-0.1, -0.05) is 6.07 Å². The van der Waals surface area contributed by atoms with Crippen LogP contribution in [0.3, 0.4) is 0 Å². The molecule has 25 heavy (non-hydrogen) atoms. The van der Waals surface area contributed by atoms with Gasteiger partial charge in [0.25, 0.3) is 0 Å². The second-order valence-electron chi connectivity index (χ2n) is 5.98. The molecule has 1 saturated heterocycles. The summed E-state index contributed by atoms with van der Waals surface area (Å²) in [7, 11) is -0.862. The van der Waals surface area contributed by atoms with Crippen molar-refractivity contribution in [1.29, 1.82) is 0 Å². The van der Waals surface area contributed by atoms with Gasteiger partial charge in [-0.25, -0.2) is 8.42 Å². The first-order valence-electron chi connectivity index (χ1n) is 8.11. The first kappa shape index (κ1) is 17.6. The fourth-order valence-corrected chi connectivity index (χ4v) is 4.44. The fourth-order valence-electron chi connectivity index (χ4n) is 2.99. The third-order valence-corrected chi connectivity index (χ3v) is 6.35. The Labute approximate surface area is 147 Å². The highest BCUT2D eigenvalue weighted by atomic mass is 32.2. The number of methoxy groups -OCH3 is 1. The molecule has 0 atom stereocenters. The third kappa shape index (κ3) is 3.32. The van der Waals surface area contributed by atoms with Gasteiger partial charge in [-0.3, -0.25) is 9.78 Å². The first-order valence-corrected chi connectivity index (χ1v) is 9.55. The van der Waals surface area contributed by atoms with Crippen molar-refractivity contribution in [2.45, 2.75) is 17.7 Å². The number of benzene rings is 1. The van der Waals surface area contributed by atoms with E-state index < -0.39 is 10.0 Å². The third-order valence-electron chi connectivity index (χ3n) is 4.44. The molecule has 0 N–H and O–H groups in total. The van der Waals surface area contributed by atoms with Gasteiger partial charge in [0.15, 0.2) is 4.90 Å². The van der Waals surface area contributed by atoms with Crippen LogP contribution >= 0.6 is 0 Å². The number of aromatic nitrogens is 1. The number of hydrogen-bond donors (Lipinski definition) is 0. The Morgan fingerprint density at radius 1 is 1.32 bits per heavy atom. The molecule has 3 rings (SSSR count). The maximum atomic E-state index is 13.1. The molecule has 0 spiro atoms. The summed E-state index contributed by atoms with van der Waals surface area (Å²) in [5, 5.41) is 0.727. The molecule has 1 aliphatic rings. The van der Waals surface area contributed by atoms with Gasteiger partial charge in [0, 0.05) is 44.7 Å². The lowest BCUT2D eigenvalue weighted by Gasteiger charge is -2.23. The van der Waals surface area contributed by atoms with E-state index in [-0.39, 0.29) is 23.1 Å². The van der Waals surface area contributed by atoms with E-state index in [1.807, 2.05) is 6.07 Å². The second-order valence-corrected chi connectivity index (χ2v) is 7.96. The summed E-state index contributed by atoms with van der Waals surface area (Å²) in [6.45, 7) is 1.29. The molecule has 2 heterocycles. The Kier molecular flexibility index (Phi) is 4.91. The molecule has 0 aliphatic carbocycles. The molecular weight excluding hydrogens is 342 g/mol. The molecule has 0 bridgehead atoms. The van der Waals surface area contributed by atoms with Crippen LogP contribution in [-0.4, -0.2) is 62.3 Å². The van der Waals surface area contributed by atoms with Gasteiger partial charge in [0.1, 0.15) is 5.75 Å². The number of sulfonamides is 1. The van der Waals surface area contributed by atoms with Crippen LogP contribution in [0.15, 0.2) is 35.4 Å². The second kappa shape index (κ2) is 6.97. The Morgan fingerprint density at radius 3 is 2.80 bits per heavy atom. The van der Waals surface area contributed by atoms with Crippen molar-refractivity contribution in [3.8, 4) is 5.75 Å². The van der Waals surface area contributed by atoms with Gasteiger partial charge in [-0.2, -0.15) is 4.31 Å². The lowest BCUT2D eigenvalue weighted by Crippen LogP contribution is -2.37. The lowest BCUT2D eigenvalue weighted by atomic mass is 10.2. The van der Waals surface area contributed by atoms with Crippen LogP contribution in [-0.2, 0) is 14.8 Å². The van der Waals surface area contributed by atoms with E-state index in [4.69, 9.17) is 4.74 Å². The van der Waals surface area contributed by atoms with E-state index in [2.05, 4.69) is 4.98 Å². The molecule has 1 aromatic heterocycles. The van der Waals surface area contributed by atoms with Gasteiger partial charge in [-0.05, 0) is 24.6 Å². The van der Waals surface area contributed by atoms with Crippen LogP contribution in [0.2, 0.25) is 0 Å². The monoisotopic (exact) mass is 363 g/mol. The van der Waals surface area contributed by atoms with Crippen molar-refractivity contribution in [2.75, 3.05) is 33.8 Å². The molecule has 1 fully saturated rings. The van der Waals surface area contributed by atoms with Crippen LogP contribution in [0, 0.1) is 0 Å². The van der Waals surface area contributed by atoms with Crippen molar-refractivity contribution in [3.63, 3.8) is 0 Å². The van der Waals surface area contributed by atoms with Crippen LogP contribution in [0.1, 0.15) is 12.8 Å². The maximum Gasteiger partial charge on any atom is 0.248 e. The fraction of sp³-hybridized carbons (Fsp3) is 0.412. The van der Waals surface area contributed by atoms with Gasteiger partial charge < -0.3 is 9.64 Å². The zero-order valence-corrected chi connectivity index (χ0v) is 15.1. The number of carbonyl (C=O) groups is 1. The smallest absolute Gasteiger partial charge is 0.248 e. The number of carbonyl (C=O) groups excluding carboxylic acids is 1. The summed E-state index contributed by atoms with van der Waals surface area (Å²) in [6.07, 6.45) is 2.93. The summed E-state index contributed by atoms with van der Waals surface area (Å²) in [5.41, 5.74) is 0.381. The van der Waals surface area contributed by atoms with Gasteiger partial charge >= 0.3 is 0 Å². The van der Waals surface area contributed by atoms with Gasteiger partial charge in [0.2, 0.25) is 15.9 Å². The van der Waals surface area contributed by atoms with Crippen molar-refractivity contribution in [2.24, 2.45) is 0 Å². The van der Waals surface area contributed by atoms with Crippen molar-refractivity contribution in [1.82, 2.24) is 14.2 Å². The number of hydrogen-bond acceptors (Lipinski definition) is 5. The highest BCUT2D eigenvalue weighted by Gasteiger charge is 2.29. The molecule has 8 heteroatoms. The van der Waals surface area contributed by atoms with Crippen molar-refractivity contribution < 1.29 is 17.9 Å². The zero-order valence-electron chi connectivity index (χ0n) is 14.3. The predicted molar refractivity (Wildman–Crippen MR) is 93.9 cm³/mol. The van der Waals surface area contributed by atoms with E-state index >= 15 is 0 Å². The van der Waals surface area contributed by atoms with E-state index in [0.717, 1.165) is 11.8 Å². The average molecular weight is 363 g/mol. The topological polar surface area (TPSA) is 79.8 Å². The van der Waals surface area contributed by atoms with E-state index in [0.29, 0.717) is 25.0 Å². The minimum atomic E-state index is -3.81. The molecule has 0 unspecified atom stereocenters. The minimum Gasteiger partial charge on any atom is -0.495 e. The molecule has 0 saturated carbocycles. The Balaban J connectivity index is 1.93. The summed E-state index contributed by atoms with van der Waals surface area (Å²) in [5.74, 6) is 0.338. The number of fused-ring (bicyclic) bond motifs is 1.